The highest BCUT2D eigenvalue weighted by molar-refractivity contribution is 5.93. The van der Waals surface area contributed by atoms with Gasteiger partial charge in [0.15, 0.2) is 5.69 Å². The Kier molecular flexibility index (Phi) is 3.34. The molecule has 0 spiro atoms. The number of rotatable bonds is 4. The van der Waals surface area contributed by atoms with Gasteiger partial charge < -0.3 is 14.6 Å². The molecule has 2 aromatic rings. The molecule has 2 heterocycles. The van der Waals surface area contributed by atoms with Crippen molar-refractivity contribution >= 4 is 11.5 Å². The van der Waals surface area contributed by atoms with E-state index in [1.165, 1.54) is 0 Å². The molecule has 0 fully saturated rings. The van der Waals surface area contributed by atoms with E-state index in [0.717, 1.165) is 0 Å². The lowest BCUT2D eigenvalue weighted by Crippen LogP contribution is -2.14. The largest absolute Gasteiger partial charge is 0.476 e. The number of fused-ring (bicyclic) bond motifs is 1. The summed E-state index contributed by atoms with van der Waals surface area (Å²) in [4.78, 5) is 15.4. The molecule has 0 aromatic carbocycles. The number of carboxylic acid groups (broad SMARTS) is 1. The maximum atomic E-state index is 11.2. The summed E-state index contributed by atoms with van der Waals surface area (Å²) in [6.07, 6.45) is 1.77. The van der Waals surface area contributed by atoms with Gasteiger partial charge in [0.25, 0.3) is 0 Å². The zero-order chi connectivity index (χ0) is 13.3. The van der Waals surface area contributed by atoms with Crippen LogP contribution in [0.25, 0.3) is 5.52 Å². The number of pyridine rings is 1. The molecule has 2 rings (SSSR count). The highest BCUT2D eigenvalue weighted by atomic mass is 16.4. The Morgan fingerprint density at radius 2 is 2.17 bits per heavy atom. The first-order valence-corrected chi connectivity index (χ1v) is 5.87. The average molecular weight is 248 g/mol. The van der Waals surface area contributed by atoms with Gasteiger partial charge in [0.1, 0.15) is 5.82 Å². The second kappa shape index (κ2) is 4.78. The predicted octanol–water partition coefficient (Wildman–Crippen LogP) is 1.76. The van der Waals surface area contributed by atoms with Gasteiger partial charge in [-0.3, -0.25) is 0 Å². The molecule has 0 aliphatic rings. The SMILES string of the molecule is CC(C)C(CO)c1nc(C(=O)O)c2ccccn12. The molecule has 0 radical (unpaired) electrons. The highest BCUT2D eigenvalue weighted by Gasteiger charge is 2.24. The minimum Gasteiger partial charge on any atom is -0.476 e. The molecule has 5 heteroatoms. The molecule has 2 aromatic heterocycles. The van der Waals surface area contributed by atoms with E-state index in [4.69, 9.17) is 5.11 Å². The summed E-state index contributed by atoms with van der Waals surface area (Å²) < 4.78 is 1.74. The first-order valence-electron chi connectivity index (χ1n) is 5.87. The zero-order valence-electron chi connectivity index (χ0n) is 10.4. The number of carbonyl (C=O) groups is 1. The molecular weight excluding hydrogens is 232 g/mol. The van der Waals surface area contributed by atoms with E-state index in [9.17, 15) is 9.90 Å². The molecular formula is C13H16N2O3. The molecule has 1 atom stereocenters. The van der Waals surface area contributed by atoms with Crippen LogP contribution >= 0.6 is 0 Å². The van der Waals surface area contributed by atoms with E-state index in [1.807, 2.05) is 19.9 Å². The van der Waals surface area contributed by atoms with Crippen LogP contribution in [-0.2, 0) is 0 Å². The van der Waals surface area contributed by atoms with E-state index in [-0.39, 0.29) is 24.1 Å². The molecule has 0 saturated heterocycles. The van der Waals surface area contributed by atoms with Crippen molar-refractivity contribution in [1.82, 2.24) is 9.38 Å². The normalized spacial score (nSPS) is 13.1. The minimum absolute atomic E-state index is 0.0321. The number of hydrogen-bond donors (Lipinski definition) is 2. The van der Waals surface area contributed by atoms with E-state index in [1.54, 1.807) is 22.7 Å². The van der Waals surface area contributed by atoms with Crippen LogP contribution in [0.1, 0.15) is 36.1 Å². The Bertz CT molecular complexity index is 575. The van der Waals surface area contributed by atoms with Crippen molar-refractivity contribution in [2.45, 2.75) is 19.8 Å². The van der Waals surface area contributed by atoms with Gasteiger partial charge in [-0.25, -0.2) is 9.78 Å². The standard InChI is InChI=1S/C13H16N2O3/c1-8(2)9(7-16)12-14-11(13(17)18)10-5-3-4-6-15(10)12/h3-6,8-9,16H,7H2,1-2H3,(H,17,18). The lowest BCUT2D eigenvalue weighted by molar-refractivity contribution is 0.0692. The second-order valence-corrected chi connectivity index (χ2v) is 4.61. The number of aliphatic hydroxyl groups is 1. The lowest BCUT2D eigenvalue weighted by atomic mass is 9.96. The Morgan fingerprint density at radius 1 is 1.44 bits per heavy atom. The maximum Gasteiger partial charge on any atom is 0.356 e. The predicted molar refractivity (Wildman–Crippen MR) is 66.8 cm³/mol. The van der Waals surface area contributed by atoms with E-state index < -0.39 is 5.97 Å². The third-order valence-corrected chi connectivity index (χ3v) is 3.11. The van der Waals surface area contributed by atoms with Crippen LogP contribution in [0.15, 0.2) is 24.4 Å². The quantitative estimate of drug-likeness (QED) is 0.864. The van der Waals surface area contributed by atoms with Crippen molar-refractivity contribution < 1.29 is 15.0 Å². The van der Waals surface area contributed by atoms with Gasteiger partial charge in [0.2, 0.25) is 0 Å². The molecule has 2 N–H and O–H groups in total. The monoisotopic (exact) mass is 248 g/mol. The van der Waals surface area contributed by atoms with Crippen molar-refractivity contribution in [2.24, 2.45) is 5.92 Å². The number of hydrogen-bond acceptors (Lipinski definition) is 3. The van der Waals surface area contributed by atoms with Gasteiger partial charge in [-0.15, -0.1) is 0 Å². The van der Waals surface area contributed by atoms with Gasteiger partial charge in [0.05, 0.1) is 12.1 Å². The maximum absolute atomic E-state index is 11.2. The summed E-state index contributed by atoms with van der Waals surface area (Å²) in [5, 5.41) is 18.6. The molecule has 18 heavy (non-hydrogen) atoms. The number of aliphatic hydroxyl groups excluding tert-OH is 1. The fourth-order valence-corrected chi connectivity index (χ4v) is 2.07. The summed E-state index contributed by atoms with van der Waals surface area (Å²) in [7, 11) is 0. The molecule has 0 amide bonds. The van der Waals surface area contributed by atoms with Crippen molar-refractivity contribution in [1.29, 1.82) is 0 Å². The van der Waals surface area contributed by atoms with Crippen molar-refractivity contribution in [3.05, 3.63) is 35.9 Å². The van der Waals surface area contributed by atoms with Crippen LogP contribution < -0.4 is 0 Å². The van der Waals surface area contributed by atoms with Crippen molar-refractivity contribution in [2.75, 3.05) is 6.61 Å². The van der Waals surface area contributed by atoms with Crippen LogP contribution in [0.3, 0.4) is 0 Å². The third kappa shape index (κ3) is 1.97. The average Bonchev–Trinajstić information content (AvgIpc) is 2.70. The summed E-state index contributed by atoms with van der Waals surface area (Å²) in [6.45, 7) is 3.90. The molecule has 0 bridgehead atoms. The smallest absolute Gasteiger partial charge is 0.356 e. The van der Waals surface area contributed by atoms with Crippen LogP contribution in [0.4, 0.5) is 0 Å². The Labute approximate surface area is 105 Å². The van der Waals surface area contributed by atoms with E-state index in [2.05, 4.69) is 4.98 Å². The van der Waals surface area contributed by atoms with Crippen LogP contribution in [0, 0.1) is 5.92 Å². The number of nitrogens with zero attached hydrogens (tertiary/aromatic N) is 2. The van der Waals surface area contributed by atoms with Gasteiger partial charge in [-0.1, -0.05) is 19.9 Å². The topological polar surface area (TPSA) is 74.8 Å². The van der Waals surface area contributed by atoms with Crippen LogP contribution in [-0.4, -0.2) is 32.2 Å². The minimum atomic E-state index is -1.05. The molecule has 96 valence electrons. The number of imidazole rings is 1. The van der Waals surface area contributed by atoms with Gasteiger partial charge in [-0.2, -0.15) is 0 Å². The van der Waals surface area contributed by atoms with E-state index >= 15 is 0 Å². The molecule has 0 aliphatic heterocycles. The highest BCUT2D eigenvalue weighted by Crippen LogP contribution is 2.25. The Hall–Kier alpha value is -1.88. The van der Waals surface area contributed by atoms with Crippen molar-refractivity contribution in [3.8, 4) is 0 Å². The molecule has 5 nitrogen and oxygen atoms in total. The number of aromatic carboxylic acids is 1. The number of carboxylic acids is 1. The fraction of sp³-hybridized carbons (Fsp3) is 0.385. The summed E-state index contributed by atoms with van der Waals surface area (Å²) in [5.41, 5.74) is 0.587. The Balaban J connectivity index is 2.68. The van der Waals surface area contributed by atoms with Gasteiger partial charge in [-0.05, 0) is 18.1 Å². The van der Waals surface area contributed by atoms with Crippen molar-refractivity contribution in [3.63, 3.8) is 0 Å². The lowest BCUT2D eigenvalue weighted by Gasteiger charge is -2.16. The summed E-state index contributed by atoms with van der Waals surface area (Å²) >= 11 is 0. The van der Waals surface area contributed by atoms with Crippen LogP contribution in [0.2, 0.25) is 0 Å². The van der Waals surface area contributed by atoms with E-state index in [0.29, 0.717) is 11.3 Å². The Morgan fingerprint density at radius 3 is 2.72 bits per heavy atom. The van der Waals surface area contributed by atoms with Crippen LogP contribution in [0.5, 0.6) is 0 Å². The first-order chi connectivity index (χ1) is 8.56. The summed E-state index contributed by atoms with van der Waals surface area (Å²) in [6, 6.07) is 5.31. The molecule has 0 saturated carbocycles. The molecule has 0 aliphatic carbocycles. The fourth-order valence-electron chi connectivity index (χ4n) is 2.07. The first kappa shape index (κ1) is 12.6. The van der Waals surface area contributed by atoms with Gasteiger partial charge in [0, 0.05) is 12.1 Å². The third-order valence-electron chi connectivity index (χ3n) is 3.11. The summed E-state index contributed by atoms with van der Waals surface area (Å²) in [5.74, 6) is -0.443. The van der Waals surface area contributed by atoms with Gasteiger partial charge >= 0.3 is 5.97 Å². The zero-order valence-corrected chi connectivity index (χ0v) is 10.4. The second-order valence-electron chi connectivity index (χ2n) is 4.61. The molecule has 1 unspecified atom stereocenters. The number of aromatic nitrogens is 2.